The van der Waals surface area contributed by atoms with E-state index < -0.39 is 0 Å². The van der Waals surface area contributed by atoms with Gasteiger partial charge in [-0.2, -0.15) is 0 Å². The minimum Gasteiger partial charge on any atom is -0.0622 e. The van der Waals surface area contributed by atoms with Crippen molar-refractivity contribution in [2.45, 2.75) is 0 Å². The number of benzene rings is 11. The molecule has 0 saturated heterocycles. The van der Waals surface area contributed by atoms with E-state index in [1.807, 2.05) is 0 Å². The van der Waals surface area contributed by atoms with E-state index in [0.717, 1.165) is 0 Å². The molecule has 0 heterocycles. The zero-order chi connectivity index (χ0) is 38.4. The molecule has 0 fully saturated rings. The Kier molecular flexibility index (Phi) is 8.26. The van der Waals surface area contributed by atoms with Crippen LogP contribution in [-0.4, -0.2) is 0 Å². The molecule has 11 aromatic rings. The van der Waals surface area contributed by atoms with Crippen LogP contribution in [-0.2, 0) is 0 Å². The standard InChI is InChI=1S/C58H38/c1-3-11-39(12-4-1)51-31-33-53-55(37-51)57(45-25-19-43(20-26-45)49-29-23-41-15-7-9-17-47(41)35-49)54-34-32-52(40-13-5-2-6-14-40)38-56(54)58(53)46-27-21-44(22-28-46)50-30-24-42-16-8-10-18-48(42)36-50/h1-38H. The van der Waals surface area contributed by atoms with Gasteiger partial charge in [0, 0.05) is 0 Å². The summed E-state index contributed by atoms with van der Waals surface area (Å²) in [6, 6.07) is 84.7. The second-order valence-electron chi connectivity index (χ2n) is 15.3. The molecule has 0 spiro atoms. The van der Waals surface area contributed by atoms with E-state index in [1.54, 1.807) is 0 Å². The highest BCUT2D eigenvalue weighted by Crippen LogP contribution is 2.46. The van der Waals surface area contributed by atoms with Crippen molar-refractivity contribution in [3.8, 4) is 66.8 Å². The summed E-state index contributed by atoms with van der Waals surface area (Å²) in [5, 5.41) is 9.99. The average molecular weight is 735 g/mol. The molecule has 58 heavy (non-hydrogen) atoms. The van der Waals surface area contributed by atoms with Crippen molar-refractivity contribution in [2.24, 2.45) is 0 Å². The van der Waals surface area contributed by atoms with Crippen LogP contribution in [0, 0.1) is 0 Å². The molecule has 0 aliphatic rings. The number of rotatable bonds is 6. The molecule has 0 heteroatoms. The zero-order valence-electron chi connectivity index (χ0n) is 31.9. The lowest BCUT2D eigenvalue weighted by atomic mass is 9.83. The Bertz CT molecular complexity index is 3060. The van der Waals surface area contributed by atoms with Crippen molar-refractivity contribution >= 4 is 43.1 Å². The molecule has 0 aromatic heterocycles. The SMILES string of the molecule is c1ccc(-c2ccc3c(-c4ccc(-c5ccc6ccccc6c5)cc4)c4cc(-c5ccccc5)ccc4c(-c4ccc(-c5ccc6ccccc6c5)cc4)c3c2)cc1. The molecular formula is C58H38. The Labute approximate surface area is 339 Å². The number of fused-ring (bicyclic) bond motifs is 4. The molecule has 0 atom stereocenters. The van der Waals surface area contributed by atoms with Crippen molar-refractivity contribution in [2.75, 3.05) is 0 Å². The van der Waals surface area contributed by atoms with Gasteiger partial charge >= 0.3 is 0 Å². The lowest BCUT2D eigenvalue weighted by Gasteiger charge is -2.20. The lowest BCUT2D eigenvalue weighted by molar-refractivity contribution is 1.60. The van der Waals surface area contributed by atoms with Crippen LogP contribution in [0.25, 0.3) is 110 Å². The smallest absolute Gasteiger partial charge is 0.00261 e. The monoisotopic (exact) mass is 734 g/mol. The molecule has 270 valence electrons. The summed E-state index contributed by atoms with van der Waals surface area (Å²) in [5.41, 5.74) is 14.6. The van der Waals surface area contributed by atoms with E-state index in [9.17, 15) is 0 Å². The summed E-state index contributed by atoms with van der Waals surface area (Å²) in [4.78, 5) is 0. The maximum absolute atomic E-state index is 2.41. The number of hydrogen-bond acceptors (Lipinski definition) is 0. The van der Waals surface area contributed by atoms with Crippen LogP contribution in [0.2, 0.25) is 0 Å². The summed E-state index contributed by atoms with van der Waals surface area (Å²) in [6.45, 7) is 0. The maximum Gasteiger partial charge on any atom is -0.00261 e. The predicted octanol–water partition coefficient (Wildman–Crippen LogP) is 16.3. The van der Waals surface area contributed by atoms with Crippen molar-refractivity contribution in [1.29, 1.82) is 0 Å². The van der Waals surface area contributed by atoms with Gasteiger partial charge in [0.1, 0.15) is 0 Å². The minimum absolute atomic E-state index is 1.20. The summed E-state index contributed by atoms with van der Waals surface area (Å²) in [6.07, 6.45) is 0. The van der Waals surface area contributed by atoms with Crippen LogP contribution in [0.15, 0.2) is 231 Å². The molecule has 0 unspecified atom stereocenters. The summed E-state index contributed by atoms with van der Waals surface area (Å²) < 4.78 is 0. The zero-order valence-corrected chi connectivity index (χ0v) is 31.9. The van der Waals surface area contributed by atoms with E-state index >= 15 is 0 Å². The first-order valence-corrected chi connectivity index (χ1v) is 20.1. The fraction of sp³-hybridized carbons (Fsp3) is 0. The Morgan fingerprint density at radius 1 is 0.155 bits per heavy atom. The maximum atomic E-state index is 2.41. The van der Waals surface area contributed by atoms with Gasteiger partial charge < -0.3 is 0 Å². The third-order valence-electron chi connectivity index (χ3n) is 11.8. The van der Waals surface area contributed by atoms with E-state index in [2.05, 4.69) is 231 Å². The van der Waals surface area contributed by atoms with Crippen LogP contribution in [0.5, 0.6) is 0 Å². The van der Waals surface area contributed by atoms with Gasteiger partial charge in [-0.15, -0.1) is 0 Å². The second-order valence-corrected chi connectivity index (χ2v) is 15.3. The Hall–Kier alpha value is -7.54. The van der Waals surface area contributed by atoms with E-state index in [1.165, 1.54) is 110 Å². The molecule has 0 aliphatic carbocycles. The van der Waals surface area contributed by atoms with Crippen LogP contribution in [0.1, 0.15) is 0 Å². The van der Waals surface area contributed by atoms with E-state index in [0.29, 0.717) is 0 Å². The predicted molar refractivity (Wildman–Crippen MR) is 249 cm³/mol. The first-order valence-electron chi connectivity index (χ1n) is 20.1. The highest BCUT2D eigenvalue weighted by Gasteiger charge is 2.19. The summed E-state index contributed by atoms with van der Waals surface area (Å²) in [5.74, 6) is 0. The van der Waals surface area contributed by atoms with E-state index in [-0.39, 0.29) is 0 Å². The Morgan fingerprint density at radius 2 is 0.448 bits per heavy atom. The molecule has 0 aliphatic heterocycles. The minimum atomic E-state index is 1.20. The Balaban J connectivity index is 1.14. The number of hydrogen-bond donors (Lipinski definition) is 0. The molecular weight excluding hydrogens is 697 g/mol. The Morgan fingerprint density at radius 3 is 0.862 bits per heavy atom. The fourth-order valence-corrected chi connectivity index (χ4v) is 8.87. The molecule has 0 radical (unpaired) electrons. The van der Waals surface area contributed by atoms with Gasteiger partial charge in [-0.1, -0.05) is 206 Å². The molecule has 0 N–H and O–H groups in total. The van der Waals surface area contributed by atoms with Crippen LogP contribution in [0.3, 0.4) is 0 Å². The lowest BCUT2D eigenvalue weighted by Crippen LogP contribution is -1.93. The molecule has 0 amide bonds. The van der Waals surface area contributed by atoms with Gasteiger partial charge in [-0.25, -0.2) is 0 Å². The quantitative estimate of drug-likeness (QED) is 0.149. The molecule has 11 aromatic carbocycles. The molecule has 11 rings (SSSR count). The fourth-order valence-electron chi connectivity index (χ4n) is 8.87. The highest BCUT2D eigenvalue weighted by molar-refractivity contribution is 6.22. The van der Waals surface area contributed by atoms with Gasteiger partial charge in [0.15, 0.2) is 0 Å². The largest absolute Gasteiger partial charge is 0.0622 e. The van der Waals surface area contributed by atoms with Crippen LogP contribution >= 0.6 is 0 Å². The van der Waals surface area contributed by atoms with Crippen molar-refractivity contribution in [3.63, 3.8) is 0 Å². The second kappa shape index (κ2) is 14.2. The third-order valence-corrected chi connectivity index (χ3v) is 11.8. The average Bonchev–Trinajstić information content (AvgIpc) is 3.31. The first kappa shape index (κ1) is 33.8. The van der Waals surface area contributed by atoms with E-state index in [4.69, 9.17) is 0 Å². The first-order chi connectivity index (χ1) is 28.7. The molecule has 0 saturated carbocycles. The van der Waals surface area contributed by atoms with Crippen LogP contribution < -0.4 is 0 Å². The van der Waals surface area contributed by atoms with Gasteiger partial charge in [0.25, 0.3) is 0 Å². The van der Waals surface area contributed by atoms with Crippen LogP contribution in [0.4, 0.5) is 0 Å². The van der Waals surface area contributed by atoms with Gasteiger partial charge in [0.05, 0.1) is 0 Å². The van der Waals surface area contributed by atoms with Crippen molar-refractivity contribution in [3.05, 3.63) is 231 Å². The summed E-state index contributed by atoms with van der Waals surface area (Å²) in [7, 11) is 0. The topological polar surface area (TPSA) is 0 Å². The normalized spacial score (nSPS) is 11.4. The molecule has 0 bridgehead atoms. The van der Waals surface area contributed by atoms with Gasteiger partial charge in [-0.05, 0) is 134 Å². The summed E-state index contributed by atoms with van der Waals surface area (Å²) >= 11 is 0. The molecule has 0 nitrogen and oxygen atoms in total. The third kappa shape index (κ3) is 6.04. The van der Waals surface area contributed by atoms with Gasteiger partial charge in [0.2, 0.25) is 0 Å². The van der Waals surface area contributed by atoms with Gasteiger partial charge in [-0.3, -0.25) is 0 Å². The highest BCUT2D eigenvalue weighted by atomic mass is 14.2. The van der Waals surface area contributed by atoms with Crippen molar-refractivity contribution in [1.82, 2.24) is 0 Å². The van der Waals surface area contributed by atoms with Crippen molar-refractivity contribution < 1.29 is 0 Å².